The molecule has 0 aromatic heterocycles. The van der Waals surface area contributed by atoms with Crippen molar-refractivity contribution in [2.75, 3.05) is 19.6 Å². The van der Waals surface area contributed by atoms with Gasteiger partial charge in [0.2, 0.25) is 0 Å². The van der Waals surface area contributed by atoms with Gasteiger partial charge in [-0.2, -0.15) is 0 Å². The molecule has 3 heterocycles. The molecule has 4 heteroatoms. The molecule has 3 N–H and O–H groups in total. The normalized spacial score (nSPS) is 31.3. The van der Waals surface area contributed by atoms with E-state index < -0.39 is 0 Å². The highest BCUT2D eigenvalue weighted by Crippen LogP contribution is 2.32. The number of hydrogen-bond acceptors (Lipinski definition) is 4. The number of phenols is 2. The first-order chi connectivity index (χ1) is 9.13. The maximum atomic E-state index is 9.91. The Labute approximate surface area is 114 Å². The molecule has 4 nitrogen and oxygen atoms in total. The van der Waals surface area contributed by atoms with Crippen molar-refractivity contribution >= 4 is 0 Å². The van der Waals surface area contributed by atoms with Crippen LogP contribution in [0.4, 0.5) is 0 Å². The van der Waals surface area contributed by atoms with Gasteiger partial charge in [0, 0.05) is 30.3 Å². The van der Waals surface area contributed by atoms with Crippen LogP contribution in [0.25, 0.3) is 0 Å². The van der Waals surface area contributed by atoms with Gasteiger partial charge in [0.05, 0.1) is 0 Å². The number of aromatic hydroxyl groups is 2. The van der Waals surface area contributed by atoms with E-state index in [1.807, 2.05) is 0 Å². The van der Waals surface area contributed by atoms with Gasteiger partial charge in [0.1, 0.15) is 11.5 Å². The van der Waals surface area contributed by atoms with Crippen LogP contribution < -0.4 is 5.32 Å². The zero-order valence-corrected chi connectivity index (χ0v) is 11.3. The summed E-state index contributed by atoms with van der Waals surface area (Å²) in [6, 6.07) is 5.45. The molecule has 0 amide bonds. The van der Waals surface area contributed by atoms with Crippen molar-refractivity contribution in [3.63, 3.8) is 0 Å². The van der Waals surface area contributed by atoms with Crippen molar-refractivity contribution in [2.45, 2.75) is 31.8 Å². The molecule has 1 aromatic carbocycles. The molecule has 3 saturated heterocycles. The average molecular weight is 262 g/mol. The van der Waals surface area contributed by atoms with E-state index in [0.717, 1.165) is 18.0 Å². The molecule has 2 bridgehead atoms. The van der Waals surface area contributed by atoms with Gasteiger partial charge in [-0.3, -0.25) is 0 Å². The lowest BCUT2D eigenvalue weighted by Crippen LogP contribution is -2.56. The van der Waals surface area contributed by atoms with Gasteiger partial charge in [-0.15, -0.1) is 0 Å². The second-order valence-electron chi connectivity index (χ2n) is 5.88. The number of piperidine rings is 3. The minimum atomic E-state index is 0.103. The van der Waals surface area contributed by atoms with Gasteiger partial charge in [-0.1, -0.05) is 6.07 Å². The van der Waals surface area contributed by atoms with Gasteiger partial charge in [0.15, 0.2) is 0 Å². The molecule has 0 radical (unpaired) electrons. The highest BCUT2D eigenvalue weighted by atomic mass is 16.3. The zero-order chi connectivity index (χ0) is 13.4. The average Bonchev–Trinajstić information content (AvgIpc) is 2.39. The zero-order valence-electron chi connectivity index (χ0n) is 11.3. The summed E-state index contributed by atoms with van der Waals surface area (Å²) in [6.45, 7) is 5.67. The Morgan fingerprint density at radius 2 is 2.00 bits per heavy atom. The molecule has 19 heavy (non-hydrogen) atoms. The maximum absolute atomic E-state index is 9.91. The highest BCUT2D eigenvalue weighted by molar-refractivity contribution is 5.40. The summed E-state index contributed by atoms with van der Waals surface area (Å²) in [6.07, 6.45) is 2.57. The predicted octanol–water partition coefficient (Wildman–Crippen LogP) is 1.84. The molecule has 3 aliphatic rings. The van der Waals surface area contributed by atoms with Crippen molar-refractivity contribution in [2.24, 2.45) is 5.92 Å². The molecule has 104 valence electrons. The second-order valence-corrected chi connectivity index (χ2v) is 5.88. The van der Waals surface area contributed by atoms with Gasteiger partial charge in [-0.25, -0.2) is 0 Å². The molecule has 3 aliphatic heterocycles. The number of benzene rings is 1. The maximum Gasteiger partial charge on any atom is 0.124 e. The number of phenolic OH excluding ortho intramolecular Hbond substituents is 2. The van der Waals surface area contributed by atoms with Crippen LogP contribution in [-0.4, -0.2) is 40.8 Å². The number of hydrogen-bond donors (Lipinski definition) is 3. The first-order valence-electron chi connectivity index (χ1n) is 7.14. The third kappa shape index (κ3) is 2.55. The summed E-state index contributed by atoms with van der Waals surface area (Å²) in [5, 5.41) is 22.9. The van der Waals surface area contributed by atoms with E-state index in [-0.39, 0.29) is 17.5 Å². The number of nitrogens with one attached hydrogen (secondary N) is 1. The summed E-state index contributed by atoms with van der Waals surface area (Å²) in [7, 11) is 0. The number of nitrogens with zero attached hydrogens (tertiary/aromatic N) is 1. The largest absolute Gasteiger partial charge is 0.508 e. The Kier molecular flexibility index (Phi) is 3.37. The fourth-order valence-corrected chi connectivity index (χ4v) is 3.46. The smallest absolute Gasteiger partial charge is 0.124 e. The summed E-state index contributed by atoms with van der Waals surface area (Å²) in [5.41, 5.74) is 0.856. The van der Waals surface area contributed by atoms with E-state index in [1.165, 1.54) is 32.0 Å². The Hall–Kier alpha value is -1.26. The lowest BCUT2D eigenvalue weighted by atomic mass is 9.83. The Bertz CT molecular complexity index is 455. The van der Waals surface area contributed by atoms with Crippen LogP contribution in [0.2, 0.25) is 0 Å². The molecule has 1 aromatic rings. The van der Waals surface area contributed by atoms with Crippen LogP contribution in [-0.2, 0) is 0 Å². The van der Waals surface area contributed by atoms with E-state index in [1.54, 1.807) is 12.1 Å². The van der Waals surface area contributed by atoms with Crippen LogP contribution in [0.15, 0.2) is 18.2 Å². The molecule has 2 unspecified atom stereocenters. The van der Waals surface area contributed by atoms with Gasteiger partial charge in [0.25, 0.3) is 0 Å². The molecule has 3 fully saturated rings. The fraction of sp³-hybridized carbons (Fsp3) is 0.600. The van der Waals surface area contributed by atoms with E-state index >= 15 is 0 Å². The summed E-state index contributed by atoms with van der Waals surface area (Å²) < 4.78 is 0. The molecular formula is C15H22N2O2. The standard InChI is InChI=1S/C15H22N2O2/c1-10(13-3-2-12(18)8-15(13)19)16-14-9-17-6-4-11(14)5-7-17/h2-3,8,10-11,14,16,18-19H,4-7,9H2,1H3. The summed E-state index contributed by atoms with van der Waals surface area (Å²) in [4.78, 5) is 2.51. The van der Waals surface area contributed by atoms with Crippen molar-refractivity contribution in [1.29, 1.82) is 0 Å². The number of fused-ring (bicyclic) bond motifs is 3. The van der Waals surface area contributed by atoms with Crippen molar-refractivity contribution in [3.05, 3.63) is 23.8 Å². The van der Waals surface area contributed by atoms with Crippen molar-refractivity contribution in [1.82, 2.24) is 10.2 Å². The first-order valence-corrected chi connectivity index (χ1v) is 7.14. The first kappa shape index (κ1) is 12.8. The van der Waals surface area contributed by atoms with Crippen LogP contribution >= 0.6 is 0 Å². The van der Waals surface area contributed by atoms with Crippen LogP contribution in [0.1, 0.15) is 31.4 Å². The van der Waals surface area contributed by atoms with Gasteiger partial charge >= 0.3 is 0 Å². The third-order valence-corrected chi connectivity index (χ3v) is 4.60. The van der Waals surface area contributed by atoms with E-state index in [2.05, 4.69) is 17.1 Å². The molecule has 0 saturated carbocycles. The molecule has 0 spiro atoms. The van der Waals surface area contributed by atoms with Crippen LogP contribution in [0.3, 0.4) is 0 Å². The topological polar surface area (TPSA) is 55.7 Å². The Morgan fingerprint density at radius 3 is 2.58 bits per heavy atom. The number of rotatable bonds is 3. The fourth-order valence-electron chi connectivity index (χ4n) is 3.46. The molecular weight excluding hydrogens is 240 g/mol. The minimum absolute atomic E-state index is 0.103. The molecule has 2 atom stereocenters. The molecule has 4 rings (SSSR count). The predicted molar refractivity (Wildman–Crippen MR) is 74.3 cm³/mol. The van der Waals surface area contributed by atoms with Gasteiger partial charge < -0.3 is 20.4 Å². The van der Waals surface area contributed by atoms with Crippen molar-refractivity contribution in [3.8, 4) is 11.5 Å². The van der Waals surface area contributed by atoms with Gasteiger partial charge in [-0.05, 0) is 44.8 Å². The summed E-state index contributed by atoms with van der Waals surface area (Å²) in [5.74, 6) is 1.05. The van der Waals surface area contributed by atoms with Crippen LogP contribution in [0, 0.1) is 5.92 Å². The summed E-state index contributed by atoms with van der Waals surface area (Å²) >= 11 is 0. The highest BCUT2D eigenvalue weighted by Gasteiger charge is 2.34. The third-order valence-electron chi connectivity index (χ3n) is 4.60. The Balaban J connectivity index is 1.69. The molecule has 0 aliphatic carbocycles. The Morgan fingerprint density at radius 1 is 1.26 bits per heavy atom. The SMILES string of the molecule is CC(NC1CN2CCC1CC2)c1ccc(O)cc1O. The monoisotopic (exact) mass is 262 g/mol. The lowest BCUT2D eigenvalue weighted by Gasteiger charge is -2.46. The van der Waals surface area contributed by atoms with E-state index in [4.69, 9.17) is 0 Å². The lowest BCUT2D eigenvalue weighted by molar-refractivity contribution is 0.0679. The second kappa shape index (κ2) is 5.02. The minimum Gasteiger partial charge on any atom is -0.508 e. The quantitative estimate of drug-likeness (QED) is 0.778. The van der Waals surface area contributed by atoms with E-state index in [9.17, 15) is 10.2 Å². The van der Waals surface area contributed by atoms with Crippen molar-refractivity contribution < 1.29 is 10.2 Å². The van der Waals surface area contributed by atoms with Crippen LogP contribution in [0.5, 0.6) is 11.5 Å². The van der Waals surface area contributed by atoms with E-state index in [0.29, 0.717) is 6.04 Å².